The van der Waals surface area contributed by atoms with Gasteiger partial charge in [-0.05, 0) is 57.2 Å². The minimum Gasteiger partial charge on any atom is -0.352 e. The Kier molecular flexibility index (Phi) is 28.5. The van der Waals surface area contributed by atoms with Crippen LogP contribution in [0.4, 0.5) is 0 Å². The molecule has 0 saturated carbocycles. The van der Waals surface area contributed by atoms with E-state index in [9.17, 15) is 4.79 Å². The zero-order chi connectivity index (χ0) is 26.1. The number of carbonyl (C=O) groups excluding carboxylic acids is 1. The first kappa shape index (κ1) is 35.7. The second kappa shape index (κ2) is 26.4. The number of aliphatic imine (C=N–C) groups is 1. The highest BCUT2D eigenvalue weighted by molar-refractivity contribution is 5.94. The second-order valence-electron chi connectivity index (χ2n) is 7.91. The quantitative estimate of drug-likeness (QED) is 0.0626. The Morgan fingerprint density at radius 3 is 2.21 bits per heavy atom. The Morgan fingerprint density at radius 2 is 1.70 bits per heavy atom. The Bertz CT molecular complexity index is 550. The standard InChI is InChI=1S/C24H44N4O.2C2H6/c1-8-11-16-28(15-10-3)17-12-14-25-19-27-23(21(6)13-9-2)22(7)24(29)26-18-20(4)5;2*1-2/h8,19-20H,1,6,9-18H2,2-5,7H3,(H,25,27)(H,26,29);2*1-2H3/b23-22-;;. The van der Waals surface area contributed by atoms with Crippen LogP contribution in [0.1, 0.15) is 94.4 Å². The minimum absolute atomic E-state index is 0.0516. The van der Waals surface area contributed by atoms with Crippen LogP contribution in [0.15, 0.2) is 41.1 Å². The Labute approximate surface area is 206 Å². The first-order valence-electron chi connectivity index (χ1n) is 13.1. The number of hydrogen-bond acceptors (Lipinski definition) is 3. The van der Waals surface area contributed by atoms with Crippen LogP contribution in [0.2, 0.25) is 0 Å². The van der Waals surface area contributed by atoms with Crippen LogP contribution in [0.5, 0.6) is 0 Å². The van der Waals surface area contributed by atoms with E-state index in [4.69, 9.17) is 0 Å². The lowest BCUT2D eigenvalue weighted by molar-refractivity contribution is -0.117. The summed E-state index contributed by atoms with van der Waals surface area (Å²) in [7, 11) is 0. The van der Waals surface area contributed by atoms with E-state index in [1.165, 1.54) is 0 Å². The van der Waals surface area contributed by atoms with Crippen molar-refractivity contribution in [1.29, 1.82) is 0 Å². The molecule has 0 unspecified atom stereocenters. The van der Waals surface area contributed by atoms with Crippen LogP contribution in [0.3, 0.4) is 0 Å². The molecule has 2 N–H and O–H groups in total. The highest BCUT2D eigenvalue weighted by Gasteiger charge is 2.13. The van der Waals surface area contributed by atoms with E-state index in [0.29, 0.717) is 18.0 Å². The number of rotatable bonds is 17. The normalized spacial score (nSPS) is 11.2. The zero-order valence-electron chi connectivity index (χ0n) is 23.5. The third-order valence-corrected chi connectivity index (χ3v) is 4.54. The summed E-state index contributed by atoms with van der Waals surface area (Å²) >= 11 is 0. The van der Waals surface area contributed by atoms with Crippen molar-refractivity contribution in [3.63, 3.8) is 0 Å². The van der Waals surface area contributed by atoms with E-state index in [0.717, 1.165) is 69.6 Å². The van der Waals surface area contributed by atoms with Gasteiger partial charge >= 0.3 is 0 Å². The topological polar surface area (TPSA) is 56.7 Å². The first-order chi connectivity index (χ1) is 15.9. The maximum Gasteiger partial charge on any atom is 0.249 e. The van der Waals surface area contributed by atoms with Gasteiger partial charge in [-0.25, -0.2) is 0 Å². The maximum atomic E-state index is 12.4. The van der Waals surface area contributed by atoms with Gasteiger partial charge in [0.2, 0.25) is 5.91 Å². The zero-order valence-corrected chi connectivity index (χ0v) is 23.5. The number of nitrogens with one attached hydrogen (secondary N) is 2. The molecule has 0 aromatic rings. The van der Waals surface area contributed by atoms with Crippen molar-refractivity contribution in [3.05, 3.63) is 36.1 Å². The summed E-state index contributed by atoms with van der Waals surface area (Å²) in [6.45, 7) is 30.9. The number of amides is 1. The average molecular weight is 465 g/mol. The van der Waals surface area contributed by atoms with Gasteiger partial charge in [-0.2, -0.15) is 0 Å². The van der Waals surface area contributed by atoms with Crippen molar-refractivity contribution in [2.45, 2.75) is 94.4 Å². The number of allylic oxidation sites excluding steroid dienone is 1. The van der Waals surface area contributed by atoms with E-state index in [2.05, 4.69) is 61.4 Å². The van der Waals surface area contributed by atoms with E-state index >= 15 is 0 Å². The van der Waals surface area contributed by atoms with Gasteiger partial charge in [0.15, 0.2) is 0 Å². The van der Waals surface area contributed by atoms with Crippen LogP contribution in [-0.2, 0) is 4.79 Å². The predicted molar refractivity (Wildman–Crippen MR) is 150 cm³/mol. The van der Waals surface area contributed by atoms with Gasteiger partial charge in [0, 0.05) is 25.2 Å². The molecule has 1 amide bonds. The maximum absolute atomic E-state index is 12.4. The fourth-order valence-electron chi connectivity index (χ4n) is 2.93. The molecular weight excluding hydrogens is 408 g/mol. The van der Waals surface area contributed by atoms with Crippen molar-refractivity contribution in [2.75, 3.05) is 32.7 Å². The molecule has 0 radical (unpaired) electrons. The van der Waals surface area contributed by atoms with Gasteiger partial charge in [-0.1, -0.05) is 74.5 Å². The molecule has 5 heteroatoms. The minimum atomic E-state index is -0.0516. The molecule has 194 valence electrons. The highest BCUT2D eigenvalue weighted by Crippen LogP contribution is 2.15. The fourth-order valence-corrected chi connectivity index (χ4v) is 2.93. The molecule has 0 spiro atoms. The Morgan fingerprint density at radius 1 is 1.06 bits per heavy atom. The molecule has 0 aromatic heterocycles. The van der Waals surface area contributed by atoms with Gasteiger partial charge in [0.05, 0.1) is 12.0 Å². The third kappa shape index (κ3) is 20.5. The van der Waals surface area contributed by atoms with Gasteiger partial charge in [0.1, 0.15) is 0 Å². The lowest BCUT2D eigenvalue weighted by atomic mass is 10.0. The summed E-state index contributed by atoms with van der Waals surface area (Å²) < 4.78 is 0. The van der Waals surface area contributed by atoms with Crippen LogP contribution in [0, 0.1) is 5.92 Å². The second-order valence-corrected chi connectivity index (χ2v) is 7.91. The van der Waals surface area contributed by atoms with E-state index < -0.39 is 0 Å². The highest BCUT2D eigenvalue weighted by atomic mass is 16.1. The summed E-state index contributed by atoms with van der Waals surface area (Å²) in [5.41, 5.74) is 2.39. The van der Waals surface area contributed by atoms with Crippen molar-refractivity contribution >= 4 is 12.2 Å². The van der Waals surface area contributed by atoms with E-state index in [1.54, 1.807) is 6.34 Å². The fraction of sp³-hybridized carbons (Fsp3) is 0.714. The van der Waals surface area contributed by atoms with Crippen LogP contribution >= 0.6 is 0 Å². The molecule has 0 rings (SSSR count). The largest absolute Gasteiger partial charge is 0.352 e. The van der Waals surface area contributed by atoms with Gasteiger partial charge < -0.3 is 15.5 Å². The molecule has 0 aliphatic carbocycles. The molecule has 0 atom stereocenters. The molecule has 0 fully saturated rings. The first-order valence-corrected chi connectivity index (χ1v) is 13.1. The molecule has 0 aliphatic heterocycles. The predicted octanol–water partition coefficient (Wildman–Crippen LogP) is 6.74. The molecule has 0 heterocycles. The van der Waals surface area contributed by atoms with Crippen LogP contribution in [0.25, 0.3) is 0 Å². The summed E-state index contributed by atoms with van der Waals surface area (Å²) in [6.07, 6.45) is 8.72. The van der Waals surface area contributed by atoms with Crippen molar-refractivity contribution < 1.29 is 4.79 Å². The van der Waals surface area contributed by atoms with Gasteiger partial charge in [-0.3, -0.25) is 9.79 Å². The van der Waals surface area contributed by atoms with Crippen molar-refractivity contribution in [2.24, 2.45) is 10.9 Å². The molecular formula is C28H56N4O. The third-order valence-electron chi connectivity index (χ3n) is 4.54. The van der Waals surface area contributed by atoms with Crippen LogP contribution < -0.4 is 10.6 Å². The lowest BCUT2D eigenvalue weighted by Gasteiger charge is -2.20. The molecule has 5 nitrogen and oxygen atoms in total. The molecule has 33 heavy (non-hydrogen) atoms. The van der Waals surface area contributed by atoms with Crippen molar-refractivity contribution in [3.8, 4) is 0 Å². The van der Waals surface area contributed by atoms with Gasteiger partial charge in [0.25, 0.3) is 0 Å². The summed E-state index contributed by atoms with van der Waals surface area (Å²) in [6, 6.07) is 0. The summed E-state index contributed by atoms with van der Waals surface area (Å²) in [5, 5.41) is 6.20. The van der Waals surface area contributed by atoms with Crippen molar-refractivity contribution in [1.82, 2.24) is 15.5 Å². The molecule has 0 aromatic carbocycles. The number of nitrogens with zero attached hydrogens (tertiary/aromatic N) is 2. The van der Waals surface area contributed by atoms with E-state index in [-0.39, 0.29) is 5.91 Å². The summed E-state index contributed by atoms with van der Waals surface area (Å²) in [5.74, 6) is 0.367. The van der Waals surface area contributed by atoms with Gasteiger partial charge in [-0.15, -0.1) is 6.58 Å². The van der Waals surface area contributed by atoms with E-state index in [1.807, 2.05) is 40.7 Å². The average Bonchev–Trinajstić information content (AvgIpc) is 2.82. The summed E-state index contributed by atoms with van der Waals surface area (Å²) in [4.78, 5) is 19.4. The number of carbonyl (C=O) groups is 1. The molecule has 0 saturated heterocycles. The smallest absolute Gasteiger partial charge is 0.249 e. The lowest BCUT2D eigenvalue weighted by Crippen LogP contribution is -2.30. The monoisotopic (exact) mass is 464 g/mol. The SMILES string of the molecule is C=CCCN(CCC)CCCN=CN/C(C(=C)CCC)=C(/C)C(=O)NCC(C)C.CC.CC. The molecule has 0 aliphatic rings. The number of hydrogen-bond donors (Lipinski definition) is 2. The van der Waals surface area contributed by atoms with Crippen LogP contribution in [-0.4, -0.2) is 49.9 Å². The molecule has 0 bridgehead atoms. The Balaban J connectivity index is -0.00000212. The Hall–Kier alpha value is -1.88.